The summed E-state index contributed by atoms with van der Waals surface area (Å²) in [5.41, 5.74) is 0. The monoisotopic (exact) mass is 116 g/mol. The SMILES string of the molecule is OB(O)C=CB(O)O. The lowest BCUT2D eigenvalue weighted by Gasteiger charge is -1.85. The van der Waals surface area contributed by atoms with Gasteiger partial charge in [0.15, 0.2) is 0 Å². The summed E-state index contributed by atoms with van der Waals surface area (Å²) in [4.78, 5) is 0. The summed E-state index contributed by atoms with van der Waals surface area (Å²) in [6.07, 6.45) is 0. The van der Waals surface area contributed by atoms with E-state index in [1.807, 2.05) is 0 Å². The van der Waals surface area contributed by atoms with Crippen molar-refractivity contribution < 1.29 is 20.1 Å². The second-order valence-electron chi connectivity index (χ2n) is 1.21. The van der Waals surface area contributed by atoms with Gasteiger partial charge in [-0.15, -0.1) is 0 Å². The Morgan fingerprint density at radius 2 is 1.00 bits per heavy atom. The first-order valence-electron chi connectivity index (χ1n) is 2.03. The van der Waals surface area contributed by atoms with E-state index in [4.69, 9.17) is 20.1 Å². The van der Waals surface area contributed by atoms with Crippen LogP contribution in [0.2, 0.25) is 0 Å². The maximum absolute atomic E-state index is 8.05. The predicted molar refractivity (Wildman–Crippen MR) is 29.5 cm³/mol. The molecule has 4 nitrogen and oxygen atoms in total. The average Bonchev–Trinajstić information content (AvgIpc) is 1.61. The third kappa shape index (κ3) is 5.71. The maximum atomic E-state index is 8.05. The van der Waals surface area contributed by atoms with E-state index in [2.05, 4.69) is 0 Å². The highest BCUT2D eigenvalue weighted by Gasteiger charge is 2.03. The van der Waals surface area contributed by atoms with Gasteiger partial charge in [-0.3, -0.25) is 0 Å². The zero-order valence-corrected chi connectivity index (χ0v) is 4.10. The molecule has 0 saturated carbocycles. The van der Waals surface area contributed by atoms with Crippen molar-refractivity contribution in [3.8, 4) is 0 Å². The van der Waals surface area contributed by atoms with Crippen LogP contribution in [0.3, 0.4) is 0 Å². The summed E-state index contributed by atoms with van der Waals surface area (Å²) in [5, 5.41) is 32.2. The first-order valence-corrected chi connectivity index (χ1v) is 2.03. The van der Waals surface area contributed by atoms with Crippen molar-refractivity contribution in [2.24, 2.45) is 0 Å². The molecule has 44 valence electrons. The Bertz CT molecular complexity index is 70.1. The molecule has 0 rings (SSSR count). The molecule has 0 heterocycles. The molecule has 0 saturated heterocycles. The molecule has 0 fully saturated rings. The summed E-state index contributed by atoms with van der Waals surface area (Å²) in [6, 6.07) is 0. The van der Waals surface area contributed by atoms with Crippen LogP contribution in [0.1, 0.15) is 0 Å². The number of rotatable bonds is 2. The highest BCUT2D eigenvalue weighted by atomic mass is 16.4. The van der Waals surface area contributed by atoms with Crippen LogP contribution < -0.4 is 0 Å². The van der Waals surface area contributed by atoms with Crippen molar-refractivity contribution >= 4 is 14.2 Å². The van der Waals surface area contributed by atoms with Gasteiger partial charge in [0.25, 0.3) is 0 Å². The summed E-state index contributed by atoms with van der Waals surface area (Å²) in [7, 11) is -3.23. The fraction of sp³-hybridized carbons (Fsp3) is 0. The van der Waals surface area contributed by atoms with Gasteiger partial charge >= 0.3 is 14.2 Å². The highest BCUT2D eigenvalue weighted by Crippen LogP contribution is 1.75. The van der Waals surface area contributed by atoms with Crippen molar-refractivity contribution in [1.29, 1.82) is 0 Å². The first-order chi connectivity index (χ1) is 3.63. The molecule has 0 spiro atoms. The Hall–Kier alpha value is -0.290. The normalized spacial score (nSPS) is 10.0. The Balaban J connectivity index is 3.34. The first kappa shape index (κ1) is 7.71. The van der Waals surface area contributed by atoms with Gasteiger partial charge in [-0.25, -0.2) is 0 Å². The van der Waals surface area contributed by atoms with Crippen molar-refractivity contribution in [3.05, 3.63) is 12.0 Å². The predicted octanol–water partition coefficient (Wildman–Crippen LogP) is -2.43. The van der Waals surface area contributed by atoms with Crippen molar-refractivity contribution in [1.82, 2.24) is 0 Å². The molecule has 0 aliphatic heterocycles. The van der Waals surface area contributed by atoms with E-state index in [0.717, 1.165) is 12.0 Å². The van der Waals surface area contributed by atoms with Crippen LogP contribution in [-0.2, 0) is 0 Å². The summed E-state index contributed by atoms with van der Waals surface area (Å²) < 4.78 is 0. The Kier molecular flexibility index (Phi) is 3.55. The zero-order chi connectivity index (χ0) is 6.57. The number of hydrogen-bond acceptors (Lipinski definition) is 4. The van der Waals surface area contributed by atoms with Gasteiger partial charge in [0, 0.05) is 0 Å². The maximum Gasteiger partial charge on any atom is 0.479 e. The van der Waals surface area contributed by atoms with Crippen LogP contribution in [-0.4, -0.2) is 34.3 Å². The van der Waals surface area contributed by atoms with E-state index in [1.54, 1.807) is 0 Å². The second kappa shape index (κ2) is 3.68. The van der Waals surface area contributed by atoms with Gasteiger partial charge in [0.05, 0.1) is 0 Å². The molecule has 0 aromatic rings. The van der Waals surface area contributed by atoms with Gasteiger partial charge < -0.3 is 20.1 Å². The van der Waals surface area contributed by atoms with Crippen molar-refractivity contribution in [2.75, 3.05) is 0 Å². The molecule has 4 N–H and O–H groups in total. The molecule has 0 bridgehead atoms. The minimum Gasteiger partial charge on any atom is -0.424 e. The average molecular weight is 116 g/mol. The molecule has 0 aliphatic carbocycles. The topological polar surface area (TPSA) is 80.9 Å². The van der Waals surface area contributed by atoms with E-state index in [0.29, 0.717) is 0 Å². The van der Waals surface area contributed by atoms with Crippen LogP contribution in [0.4, 0.5) is 0 Å². The van der Waals surface area contributed by atoms with Crippen LogP contribution in [0, 0.1) is 0 Å². The van der Waals surface area contributed by atoms with E-state index >= 15 is 0 Å². The van der Waals surface area contributed by atoms with Gasteiger partial charge in [0.1, 0.15) is 0 Å². The molecule has 0 amide bonds. The number of hydrogen-bond donors (Lipinski definition) is 4. The molecular weight excluding hydrogens is 110 g/mol. The summed E-state index contributed by atoms with van der Waals surface area (Å²) in [5.74, 6) is 1.70. The van der Waals surface area contributed by atoms with E-state index < -0.39 is 14.2 Å². The van der Waals surface area contributed by atoms with Crippen LogP contribution in [0.5, 0.6) is 0 Å². The van der Waals surface area contributed by atoms with Gasteiger partial charge in [-0.1, -0.05) is 12.0 Å². The fourth-order valence-electron chi connectivity index (χ4n) is 0.199. The Labute approximate surface area is 47.4 Å². The molecule has 6 heteroatoms. The highest BCUT2D eigenvalue weighted by molar-refractivity contribution is 6.54. The summed E-state index contributed by atoms with van der Waals surface area (Å²) >= 11 is 0. The van der Waals surface area contributed by atoms with Crippen LogP contribution >= 0.6 is 0 Å². The quantitative estimate of drug-likeness (QED) is 0.302. The third-order valence-electron chi connectivity index (χ3n) is 0.455. The molecule has 0 unspecified atom stereocenters. The minimum absolute atomic E-state index is 0.852. The zero-order valence-electron chi connectivity index (χ0n) is 4.10. The second-order valence-corrected chi connectivity index (χ2v) is 1.21. The van der Waals surface area contributed by atoms with E-state index in [1.165, 1.54) is 0 Å². The molecular formula is C2H6B2O4. The van der Waals surface area contributed by atoms with Gasteiger partial charge in [-0.05, 0) is 0 Å². The Morgan fingerprint density at radius 1 is 0.750 bits per heavy atom. The molecule has 0 aliphatic rings. The van der Waals surface area contributed by atoms with Crippen molar-refractivity contribution in [2.45, 2.75) is 0 Å². The minimum atomic E-state index is -1.61. The van der Waals surface area contributed by atoms with Gasteiger partial charge in [-0.2, -0.15) is 0 Å². The smallest absolute Gasteiger partial charge is 0.424 e. The Morgan fingerprint density at radius 3 is 1.12 bits per heavy atom. The fourth-order valence-corrected chi connectivity index (χ4v) is 0.199. The van der Waals surface area contributed by atoms with Gasteiger partial charge in [0.2, 0.25) is 0 Å². The van der Waals surface area contributed by atoms with Crippen LogP contribution in [0.15, 0.2) is 12.0 Å². The molecule has 0 aromatic heterocycles. The lowest BCUT2D eigenvalue weighted by Crippen LogP contribution is -2.11. The third-order valence-corrected chi connectivity index (χ3v) is 0.455. The standard InChI is InChI=1S/C2H6B2O4/c5-3(6)1-2-4(7)8/h1-2,5-8H. The lowest BCUT2D eigenvalue weighted by molar-refractivity contribution is 0.417. The van der Waals surface area contributed by atoms with Crippen LogP contribution in [0.25, 0.3) is 0 Å². The van der Waals surface area contributed by atoms with Crippen molar-refractivity contribution in [3.63, 3.8) is 0 Å². The lowest BCUT2D eigenvalue weighted by atomic mass is 9.82. The molecule has 8 heavy (non-hydrogen) atoms. The molecule has 0 radical (unpaired) electrons. The van der Waals surface area contributed by atoms with E-state index in [9.17, 15) is 0 Å². The largest absolute Gasteiger partial charge is 0.479 e. The molecule has 0 atom stereocenters. The molecule has 0 aromatic carbocycles. The summed E-state index contributed by atoms with van der Waals surface area (Å²) in [6.45, 7) is 0. The van der Waals surface area contributed by atoms with E-state index in [-0.39, 0.29) is 0 Å².